The summed E-state index contributed by atoms with van der Waals surface area (Å²) in [6, 6.07) is 12.0. The average molecular weight is 268 g/mol. The fraction of sp³-hybridized carbons (Fsp3) is 0.0667. The van der Waals surface area contributed by atoms with Crippen molar-refractivity contribution >= 4 is 17.7 Å². The first kappa shape index (κ1) is 13.4. The van der Waals surface area contributed by atoms with Gasteiger partial charge in [0.2, 0.25) is 0 Å². The largest absolute Gasteiger partial charge is 0.497 e. The Morgan fingerprint density at radius 2 is 2.10 bits per heavy atom. The van der Waals surface area contributed by atoms with E-state index in [1.165, 1.54) is 12.3 Å². The van der Waals surface area contributed by atoms with E-state index in [1.54, 1.807) is 43.5 Å². The quantitative estimate of drug-likeness (QED) is 0.683. The second-order valence-corrected chi connectivity index (χ2v) is 3.87. The Balaban J connectivity index is 2.11. The minimum absolute atomic E-state index is 0.0317. The smallest absolute Gasteiger partial charge is 0.266 e. The molecule has 1 aromatic carbocycles. The normalized spacial score (nSPS) is 10.7. The molecular weight excluding hydrogens is 256 g/mol. The first-order valence-corrected chi connectivity index (χ1v) is 5.83. The van der Waals surface area contributed by atoms with Crippen LogP contribution in [0.25, 0.3) is 6.08 Å². The SMILES string of the molecule is COc1ccc(NC(=O)C(C#N)=Cc2ccco2)cc1. The monoisotopic (exact) mass is 268 g/mol. The molecule has 1 N–H and O–H groups in total. The average Bonchev–Trinajstić information content (AvgIpc) is 2.98. The molecule has 5 heteroatoms. The topological polar surface area (TPSA) is 75.3 Å². The van der Waals surface area contributed by atoms with Crippen LogP contribution in [0.15, 0.2) is 52.7 Å². The van der Waals surface area contributed by atoms with Gasteiger partial charge in [0.15, 0.2) is 0 Å². The van der Waals surface area contributed by atoms with Gasteiger partial charge in [-0.1, -0.05) is 0 Å². The molecule has 0 saturated heterocycles. The molecule has 1 heterocycles. The van der Waals surface area contributed by atoms with Gasteiger partial charge in [0.1, 0.15) is 23.2 Å². The molecule has 1 amide bonds. The minimum atomic E-state index is -0.492. The zero-order valence-electron chi connectivity index (χ0n) is 10.8. The number of nitriles is 1. The van der Waals surface area contributed by atoms with E-state index in [2.05, 4.69) is 5.32 Å². The summed E-state index contributed by atoms with van der Waals surface area (Å²) < 4.78 is 10.1. The van der Waals surface area contributed by atoms with Crippen LogP contribution >= 0.6 is 0 Å². The summed E-state index contributed by atoms with van der Waals surface area (Å²) in [6.45, 7) is 0. The molecule has 5 nitrogen and oxygen atoms in total. The molecule has 0 aliphatic carbocycles. The van der Waals surface area contributed by atoms with E-state index >= 15 is 0 Å². The van der Waals surface area contributed by atoms with Gasteiger partial charge in [0.25, 0.3) is 5.91 Å². The number of hydrogen-bond acceptors (Lipinski definition) is 4. The van der Waals surface area contributed by atoms with Crippen molar-refractivity contribution in [2.45, 2.75) is 0 Å². The predicted molar refractivity (Wildman–Crippen MR) is 73.9 cm³/mol. The molecule has 0 spiro atoms. The summed E-state index contributed by atoms with van der Waals surface area (Å²) in [5.41, 5.74) is 0.548. The van der Waals surface area contributed by atoms with Crippen molar-refractivity contribution in [3.8, 4) is 11.8 Å². The van der Waals surface area contributed by atoms with Gasteiger partial charge >= 0.3 is 0 Å². The zero-order chi connectivity index (χ0) is 14.4. The summed E-state index contributed by atoms with van der Waals surface area (Å²) in [7, 11) is 1.56. The number of carbonyl (C=O) groups is 1. The van der Waals surface area contributed by atoms with Gasteiger partial charge in [0, 0.05) is 11.8 Å². The lowest BCUT2D eigenvalue weighted by atomic mass is 10.2. The van der Waals surface area contributed by atoms with Crippen LogP contribution in [0.4, 0.5) is 5.69 Å². The zero-order valence-corrected chi connectivity index (χ0v) is 10.8. The van der Waals surface area contributed by atoms with Crippen LogP contribution in [0.5, 0.6) is 5.75 Å². The Bertz CT molecular complexity index is 649. The van der Waals surface area contributed by atoms with E-state index in [0.717, 1.165) is 0 Å². The number of methoxy groups -OCH3 is 1. The minimum Gasteiger partial charge on any atom is -0.497 e. The van der Waals surface area contributed by atoms with Crippen LogP contribution in [-0.4, -0.2) is 13.0 Å². The predicted octanol–water partition coefficient (Wildman–Crippen LogP) is 2.83. The number of nitrogens with one attached hydrogen (secondary N) is 1. The van der Waals surface area contributed by atoms with Gasteiger partial charge in [-0.3, -0.25) is 4.79 Å². The van der Waals surface area contributed by atoms with Crippen LogP contribution in [0.1, 0.15) is 5.76 Å². The number of carbonyl (C=O) groups excluding carboxylic acids is 1. The maximum absolute atomic E-state index is 11.9. The van der Waals surface area contributed by atoms with Gasteiger partial charge in [-0.2, -0.15) is 5.26 Å². The van der Waals surface area contributed by atoms with Gasteiger partial charge in [-0.05, 0) is 36.4 Å². The van der Waals surface area contributed by atoms with Crippen LogP contribution in [-0.2, 0) is 4.79 Å². The van der Waals surface area contributed by atoms with Crippen LogP contribution in [0.2, 0.25) is 0 Å². The summed E-state index contributed by atoms with van der Waals surface area (Å²) in [5.74, 6) is 0.648. The first-order chi connectivity index (χ1) is 9.72. The molecule has 0 saturated carbocycles. The molecule has 0 radical (unpaired) electrons. The van der Waals surface area contributed by atoms with E-state index in [0.29, 0.717) is 17.2 Å². The molecule has 1 aromatic heterocycles. The third kappa shape index (κ3) is 3.27. The molecule has 20 heavy (non-hydrogen) atoms. The van der Waals surface area contributed by atoms with E-state index in [-0.39, 0.29) is 5.57 Å². The van der Waals surface area contributed by atoms with Crippen molar-refractivity contribution in [2.24, 2.45) is 0 Å². The molecule has 0 atom stereocenters. The molecule has 0 aliphatic heterocycles. The number of furan rings is 1. The van der Waals surface area contributed by atoms with Crippen molar-refractivity contribution in [1.29, 1.82) is 5.26 Å². The highest BCUT2D eigenvalue weighted by atomic mass is 16.5. The number of benzene rings is 1. The molecule has 2 rings (SSSR count). The molecule has 0 bridgehead atoms. The molecule has 0 unspecified atom stereocenters. The summed E-state index contributed by atoms with van der Waals surface area (Å²) >= 11 is 0. The Morgan fingerprint density at radius 1 is 1.35 bits per heavy atom. The Kier molecular flexibility index (Phi) is 4.20. The maximum Gasteiger partial charge on any atom is 0.266 e. The number of ether oxygens (including phenoxy) is 1. The van der Waals surface area contributed by atoms with Crippen molar-refractivity contribution in [3.63, 3.8) is 0 Å². The maximum atomic E-state index is 11.9. The lowest BCUT2D eigenvalue weighted by Crippen LogP contribution is -2.13. The first-order valence-electron chi connectivity index (χ1n) is 5.83. The highest BCUT2D eigenvalue weighted by Gasteiger charge is 2.10. The van der Waals surface area contributed by atoms with Crippen molar-refractivity contribution in [1.82, 2.24) is 0 Å². The summed E-state index contributed by atoms with van der Waals surface area (Å²) in [4.78, 5) is 11.9. The Hall–Kier alpha value is -3.00. The number of rotatable bonds is 4. The van der Waals surface area contributed by atoms with Gasteiger partial charge in [-0.15, -0.1) is 0 Å². The lowest BCUT2D eigenvalue weighted by Gasteiger charge is -2.05. The van der Waals surface area contributed by atoms with E-state index < -0.39 is 5.91 Å². The molecular formula is C15H12N2O3. The highest BCUT2D eigenvalue weighted by Crippen LogP contribution is 2.16. The second-order valence-electron chi connectivity index (χ2n) is 3.87. The fourth-order valence-corrected chi connectivity index (χ4v) is 1.54. The van der Waals surface area contributed by atoms with E-state index in [9.17, 15) is 4.79 Å². The van der Waals surface area contributed by atoms with Gasteiger partial charge < -0.3 is 14.5 Å². The molecule has 2 aromatic rings. The second kappa shape index (κ2) is 6.25. The number of nitrogens with zero attached hydrogens (tertiary/aromatic N) is 1. The van der Waals surface area contributed by atoms with Crippen LogP contribution in [0, 0.1) is 11.3 Å². The fourth-order valence-electron chi connectivity index (χ4n) is 1.54. The van der Waals surface area contributed by atoms with E-state index in [4.69, 9.17) is 14.4 Å². The lowest BCUT2D eigenvalue weighted by molar-refractivity contribution is -0.112. The number of amides is 1. The third-order valence-electron chi connectivity index (χ3n) is 2.54. The van der Waals surface area contributed by atoms with Gasteiger partial charge in [-0.25, -0.2) is 0 Å². The van der Waals surface area contributed by atoms with Crippen LogP contribution in [0.3, 0.4) is 0 Å². The van der Waals surface area contributed by atoms with Crippen molar-refractivity contribution < 1.29 is 13.9 Å². The standard InChI is InChI=1S/C15H12N2O3/c1-19-13-6-4-12(5-7-13)17-15(18)11(10-16)9-14-3-2-8-20-14/h2-9H,1H3,(H,17,18). The molecule has 0 aliphatic rings. The van der Waals surface area contributed by atoms with Gasteiger partial charge in [0.05, 0.1) is 13.4 Å². The van der Waals surface area contributed by atoms with Crippen molar-refractivity contribution in [2.75, 3.05) is 12.4 Å². The number of anilines is 1. The van der Waals surface area contributed by atoms with Crippen molar-refractivity contribution in [3.05, 3.63) is 54.0 Å². The third-order valence-corrected chi connectivity index (χ3v) is 2.54. The highest BCUT2D eigenvalue weighted by molar-refractivity contribution is 6.09. The Morgan fingerprint density at radius 3 is 2.65 bits per heavy atom. The number of hydrogen-bond donors (Lipinski definition) is 1. The Labute approximate surface area is 116 Å². The molecule has 100 valence electrons. The van der Waals surface area contributed by atoms with E-state index in [1.807, 2.05) is 6.07 Å². The van der Waals surface area contributed by atoms with Crippen LogP contribution < -0.4 is 10.1 Å². The molecule has 0 fully saturated rings. The summed E-state index contributed by atoms with van der Waals surface area (Å²) in [6.07, 6.45) is 2.86. The summed E-state index contributed by atoms with van der Waals surface area (Å²) in [5, 5.41) is 11.6.